The number of anilines is 1. The SMILES string of the molecule is CCN(CC)CCNC(=O)c1cc(C)cc(N=NC(C(C)=O)C(=O)Nc2ccc3[nH]c(=O)[nH]c3c2)c1. The van der Waals surface area contributed by atoms with Gasteiger partial charge in [0.05, 0.1) is 16.7 Å². The summed E-state index contributed by atoms with van der Waals surface area (Å²) >= 11 is 0. The Balaban J connectivity index is 1.71. The van der Waals surface area contributed by atoms with Crippen LogP contribution >= 0.6 is 0 Å². The van der Waals surface area contributed by atoms with Crippen LogP contribution in [0.5, 0.6) is 0 Å². The second-order valence-corrected chi connectivity index (χ2v) is 8.40. The molecule has 3 aromatic rings. The third-order valence-corrected chi connectivity index (χ3v) is 5.64. The van der Waals surface area contributed by atoms with Gasteiger partial charge in [-0.15, -0.1) is 0 Å². The summed E-state index contributed by atoms with van der Waals surface area (Å²) in [6.45, 7) is 10.3. The van der Waals surface area contributed by atoms with Gasteiger partial charge in [-0.05, 0) is 68.9 Å². The molecule has 190 valence electrons. The molecule has 1 heterocycles. The number of fused-ring (bicyclic) bond motifs is 1. The summed E-state index contributed by atoms with van der Waals surface area (Å²) in [5.74, 6) is -1.39. The van der Waals surface area contributed by atoms with E-state index in [1.54, 1.807) is 36.4 Å². The Kier molecular flexibility index (Phi) is 8.85. The molecule has 0 fully saturated rings. The molecule has 0 bridgehead atoms. The lowest BCUT2D eigenvalue weighted by atomic mass is 10.1. The largest absolute Gasteiger partial charge is 0.351 e. The van der Waals surface area contributed by atoms with E-state index in [1.165, 1.54) is 6.92 Å². The first-order chi connectivity index (χ1) is 17.2. The molecule has 11 heteroatoms. The van der Waals surface area contributed by atoms with Crippen LogP contribution in [0.2, 0.25) is 0 Å². The molecule has 3 rings (SSSR count). The summed E-state index contributed by atoms with van der Waals surface area (Å²) in [4.78, 5) is 56.4. The van der Waals surface area contributed by atoms with Crippen molar-refractivity contribution in [3.63, 3.8) is 0 Å². The molecule has 0 saturated heterocycles. The number of carbonyl (C=O) groups excluding carboxylic acids is 3. The molecule has 0 radical (unpaired) electrons. The van der Waals surface area contributed by atoms with Gasteiger partial charge in [-0.3, -0.25) is 14.4 Å². The third-order valence-electron chi connectivity index (χ3n) is 5.64. The van der Waals surface area contributed by atoms with Gasteiger partial charge in [-0.1, -0.05) is 13.8 Å². The molecule has 2 aromatic carbocycles. The fourth-order valence-electron chi connectivity index (χ4n) is 3.68. The van der Waals surface area contributed by atoms with E-state index in [2.05, 4.69) is 49.6 Å². The number of ketones is 1. The van der Waals surface area contributed by atoms with Crippen molar-refractivity contribution < 1.29 is 14.4 Å². The van der Waals surface area contributed by atoms with Crippen molar-refractivity contribution in [1.82, 2.24) is 20.2 Å². The van der Waals surface area contributed by atoms with Crippen LogP contribution in [-0.4, -0.2) is 64.7 Å². The van der Waals surface area contributed by atoms with Crippen LogP contribution in [0.4, 0.5) is 11.4 Å². The Labute approximate surface area is 208 Å². The molecule has 4 N–H and O–H groups in total. The summed E-state index contributed by atoms with van der Waals surface area (Å²) < 4.78 is 0. The number of aryl methyl sites for hydroxylation is 1. The maximum absolute atomic E-state index is 12.7. The van der Waals surface area contributed by atoms with Gasteiger partial charge in [0.1, 0.15) is 0 Å². The van der Waals surface area contributed by atoms with Crippen LogP contribution in [0.1, 0.15) is 36.7 Å². The lowest BCUT2D eigenvalue weighted by Crippen LogP contribution is -2.34. The van der Waals surface area contributed by atoms with Gasteiger partial charge in [0.15, 0.2) is 5.78 Å². The molecular weight excluding hydrogens is 462 g/mol. The molecule has 0 spiro atoms. The van der Waals surface area contributed by atoms with E-state index in [4.69, 9.17) is 0 Å². The van der Waals surface area contributed by atoms with Crippen LogP contribution in [-0.2, 0) is 9.59 Å². The summed E-state index contributed by atoms with van der Waals surface area (Å²) in [5, 5.41) is 13.6. The normalized spacial score (nSPS) is 12.2. The van der Waals surface area contributed by atoms with E-state index in [1.807, 2.05) is 6.92 Å². The number of aromatic nitrogens is 2. The Morgan fingerprint density at radius 2 is 1.75 bits per heavy atom. The van der Waals surface area contributed by atoms with Gasteiger partial charge in [-0.25, -0.2) is 4.79 Å². The standard InChI is InChI=1S/C25H31N7O4/c1-5-32(6-2)10-9-26-23(34)17-11-15(3)12-19(13-17)30-31-22(16(4)33)24(35)27-18-7-8-20-21(14-18)29-25(36)28-20/h7-8,11-14,22H,5-6,9-10H2,1-4H3,(H,26,34)(H,27,35)(H2,28,29,36). The second-order valence-electron chi connectivity index (χ2n) is 8.40. The predicted octanol–water partition coefficient (Wildman–Crippen LogP) is 2.92. The summed E-state index contributed by atoms with van der Waals surface area (Å²) in [6, 6.07) is 8.44. The molecular formula is C25H31N7O4. The highest BCUT2D eigenvalue weighted by Gasteiger charge is 2.23. The lowest BCUT2D eigenvalue weighted by molar-refractivity contribution is -0.126. The number of hydrogen-bond acceptors (Lipinski definition) is 7. The average Bonchev–Trinajstić information content (AvgIpc) is 3.20. The van der Waals surface area contributed by atoms with Gasteiger partial charge in [0, 0.05) is 24.3 Å². The smallest absolute Gasteiger partial charge is 0.323 e. The second kappa shape index (κ2) is 12.0. The number of carbonyl (C=O) groups is 3. The highest BCUT2D eigenvalue weighted by atomic mass is 16.2. The highest BCUT2D eigenvalue weighted by Crippen LogP contribution is 2.20. The van der Waals surface area contributed by atoms with Crippen LogP contribution in [0, 0.1) is 6.92 Å². The van der Waals surface area contributed by atoms with Gasteiger partial charge in [0.2, 0.25) is 6.04 Å². The number of imidazole rings is 1. The number of H-pyrrole nitrogens is 2. The Bertz CT molecular complexity index is 1340. The van der Waals surface area contributed by atoms with Gasteiger partial charge in [-0.2, -0.15) is 10.2 Å². The molecule has 0 aliphatic rings. The van der Waals surface area contributed by atoms with Crippen molar-refractivity contribution in [1.29, 1.82) is 0 Å². The zero-order valence-corrected chi connectivity index (χ0v) is 20.8. The van der Waals surface area contributed by atoms with Crippen LogP contribution in [0.15, 0.2) is 51.4 Å². The van der Waals surface area contributed by atoms with E-state index in [0.29, 0.717) is 34.5 Å². The number of aromatic amines is 2. The van der Waals surface area contributed by atoms with E-state index < -0.39 is 17.7 Å². The molecule has 0 saturated carbocycles. The zero-order chi connectivity index (χ0) is 26.2. The minimum absolute atomic E-state index is 0.235. The molecule has 0 aliphatic heterocycles. The lowest BCUT2D eigenvalue weighted by Gasteiger charge is -2.18. The van der Waals surface area contributed by atoms with Crippen molar-refractivity contribution in [2.45, 2.75) is 33.7 Å². The van der Waals surface area contributed by atoms with Crippen molar-refractivity contribution in [2.75, 3.05) is 31.5 Å². The van der Waals surface area contributed by atoms with E-state index in [9.17, 15) is 19.2 Å². The monoisotopic (exact) mass is 493 g/mol. The van der Waals surface area contributed by atoms with Gasteiger partial charge >= 0.3 is 5.69 Å². The van der Waals surface area contributed by atoms with Crippen LogP contribution < -0.4 is 16.3 Å². The topological polar surface area (TPSA) is 152 Å². The summed E-state index contributed by atoms with van der Waals surface area (Å²) in [6.07, 6.45) is 0. The maximum atomic E-state index is 12.7. The first kappa shape index (κ1) is 26.5. The summed E-state index contributed by atoms with van der Waals surface area (Å²) in [5.41, 5.74) is 2.70. The fraction of sp³-hybridized carbons (Fsp3) is 0.360. The molecule has 36 heavy (non-hydrogen) atoms. The zero-order valence-electron chi connectivity index (χ0n) is 20.8. The maximum Gasteiger partial charge on any atom is 0.323 e. The van der Waals surface area contributed by atoms with Crippen LogP contribution in [0.25, 0.3) is 11.0 Å². The van der Waals surface area contributed by atoms with E-state index in [-0.39, 0.29) is 11.6 Å². The molecule has 2 amide bonds. The fourth-order valence-corrected chi connectivity index (χ4v) is 3.68. The quantitative estimate of drug-likeness (QED) is 0.239. The third kappa shape index (κ3) is 6.95. The van der Waals surface area contributed by atoms with Crippen molar-refractivity contribution in [3.8, 4) is 0 Å². The average molecular weight is 494 g/mol. The van der Waals surface area contributed by atoms with Crippen LogP contribution in [0.3, 0.4) is 0 Å². The molecule has 1 atom stereocenters. The number of rotatable bonds is 11. The minimum Gasteiger partial charge on any atom is -0.351 e. The molecule has 0 aliphatic carbocycles. The predicted molar refractivity (Wildman–Crippen MR) is 138 cm³/mol. The minimum atomic E-state index is -1.38. The number of azo groups is 1. The Morgan fingerprint density at radius 3 is 2.44 bits per heavy atom. The number of amides is 2. The van der Waals surface area contributed by atoms with E-state index in [0.717, 1.165) is 25.2 Å². The Hall–Kier alpha value is -4.12. The first-order valence-electron chi connectivity index (χ1n) is 11.8. The van der Waals surface area contributed by atoms with Gasteiger partial charge in [0.25, 0.3) is 11.8 Å². The number of Topliss-reactive ketones (excluding diaryl/α,β-unsaturated/α-hetero) is 1. The summed E-state index contributed by atoms with van der Waals surface area (Å²) in [7, 11) is 0. The number of likely N-dealkylation sites (N-methyl/N-ethyl adjacent to an activating group) is 1. The van der Waals surface area contributed by atoms with Gasteiger partial charge < -0.3 is 25.5 Å². The molecule has 1 unspecified atom stereocenters. The van der Waals surface area contributed by atoms with Crippen molar-refractivity contribution >= 4 is 40.0 Å². The highest BCUT2D eigenvalue weighted by molar-refractivity contribution is 6.10. The van der Waals surface area contributed by atoms with E-state index >= 15 is 0 Å². The van der Waals surface area contributed by atoms with Crippen molar-refractivity contribution in [3.05, 3.63) is 58.0 Å². The number of hydrogen-bond donors (Lipinski definition) is 4. The number of benzene rings is 2. The molecule has 1 aromatic heterocycles. The molecule has 11 nitrogen and oxygen atoms in total. The first-order valence-corrected chi connectivity index (χ1v) is 11.8. The number of nitrogens with zero attached hydrogens (tertiary/aromatic N) is 3. The van der Waals surface area contributed by atoms with Crippen molar-refractivity contribution in [2.24, 2.45) is 10.2 Å². The Morgan fingerprint density at radius 1 is 1.03 bits per heavy atom. The number of nitrogens with one attached hydrogen (secondary N) is 4.